The molecule has 0 atom stereocenters. The van der Waals surface area contributed by atoms with Gasteiger partial charge in [0, 0.05) is 33.4 Å². The summed E-state index contributed by atoms with van der Waals surface area (Å²) < 4.78 is 31.8. The highest BCUT2D eigenvalue weighted by Gasteiger charge is 2.24. The summed E-state index contributed by atoms with van der Waals surface area (Å²) in [7, 11) is -1.81. The van der Waals surface area contributed by atoms with Gasteiger partial charge in [0.2, 0.25) is 10.0 Å². The molecule has 1 aromatic rings. The van der Waals surface area contributed by atoms with E-state index in [1.807, 2.05) is 0 Å². The van der Waals surface area contributed by atoms with E-state index in [1.54, 1.807) is 31.3 Å². The van der Waals surface area contributed by atoms with E-state index in [9.17, 15) is 8.42 Å². The summed E-state index contributed by atoms with van der Waals surface area (Å²) in [4.78, 5) is 0.304. The van der Waals surface area contributed by atoms with Crippen molar-refractivity contribution in [2.75, 3.05) is 33.4 Å². The predicted octanol–water partition coefficient (Wildman–Crippen LogP) is 1.27. The Kier molecular flexibility index (Phi) is 5.75. The lowest BCUT2D eigenvalue weighted by atomic mass is 10.0. The van der Waals surface area contributed by atoms with Gasteiger partial charge < -0.3 is 9.84 Å². The minimum atomic E-state index is -3.44. The van der Waals surface area contributed by atoms with Gasteiger partial charge in [-0.1, -0.05) is 12.1 Å². The SMILES string of the molecule is CN(CC1CCOCC1)S(=O)(=O)c1ccc(CCO)cc1. The largest absolute Gasteiger partial charge is 0.396 e. The van der Waals surface area contributed by atoms with Crippen LogP contribution in [0, 0.1) is 5.92 Å². The van der Waals surface area contributed by atoms with E-state index in [1.165, 1.54) is 4.31 Å². The van der Waals surface area contributed by atoms with Gasteiger partial charge in [-0.15, -0.1) is 0 Å². The summed E-state index contributed by atoms with van der Waals surface area (Å²) in [5, 5.41) is 8.88. The van der Waals surface area contributed by atoms with Crippen LogP contribution in [0.4, 0.5) is 0 Å². The highest BCUT2D eigenvalue weighted by atomic mass is 32.2. The van der Waals surface area contributed by atoms with Crippen LogP contribution in [0.1, 0.15) is 18.4 Å². The van der Waals surface area contributed by atoms with Crippen LogP contribution in [0.3, 0.4) is 0 Å². The molecular formula is C15H23NO4S. The zero-order valence-corrected chi connectivity index (χ0v) is 13.2. The lowest BCUT2D eigenvalue weighted by molar-refractivity contribution is 0.0620. The molecule has 1 fully saturated rings. The number of rotatable bonds is 6. The molecule has 1 heterocycles. The predicted molar refractivity (Wildman–Crippen MR) is 80.6 cm³/mol. The number of aliphatic hydroxyl groups excluding tert-OH is 1. The van der Waals surface area contributed by atoms with Crippen LogP contribution in [0.2, 0.25) is 0 Å². The van der Waals surface area contributed by atoms with Gasteiger partial charge in [-0.3, -0.25) is 0 Å². The van der Waals surface area contributed by atoms with Gasteiger partial charge in [0.15, 0.2) is 0 Å². The maximum atomic E-state index is 12.5. The Labute approximate surface area is 126 Å². The lowest BCUT2D eigenvalue weighted by Crippen LogP contribution is -2.34. The molecule has 0 unspecified atom stereocenters. The van der Waals surface area contributed by atoms with Crippen LogP contribution < -0.4 is 0 Å². The van der Waals surface area contributed by atoms with E-state index in [-0.39, 0.29) is 6.61 Å². The van der Waals surface area contributed by atoms with E-state index >= 15 is 0 Å². The topological polar surface area (TPSA) is 66.8 Å². The second-order valence-electron chi connectivity index (χ2n) is 5.46. The summed E-state index contributed by atoms with van der Waals surface area (Å²) in [6, 6.07) is 6.73. The van der Waals surface area contributed by atoms with E-state index in [0.717, 1.165) is 18.4 Å². The number of benzene rings is 1. The Morgan fingerprint density at radius 2 is 1.86 bits per heavy atom. The smallest absolute Gasteiger partial charge is 0.242 e. The molecule has 1 aliphatic heterocycles. The van der Waals surface area contributed by atoms with E-state index < -0.39 is 10.0 Å². The lowest BCUT2D eigenvalue weighted by Gasteiger charge is -2.26. The normalized spacial score (nSPS) is 17.3. The average molecular weight is 313 g/mol. The van der Waals surface area contributed by atoms with Crippen molar-refractivity contribution in [1.29, 1.82) is 0 Å². The fraction of sp³-hybridized carbons (Fsp3) is 0.600. The molecule has 1 aromatic carbocycles. The monoisotopic (exact) mass is 313 g/mol. The van der Waals surface area contributed by atoms with Crippen LogP contribution in [0.15, 0.2) is 29.2 Å². The Bertz CT molecular complexity index is 535. The second-order valence-corrected chi connectivity index (χ2v) is 7.50. The maximum absolute atomic E-state index is 12.5. The molecule has 0 aliphatic carbocycles. The van der Waals surface area contributed by atoms with Gasteiger partial charge in [-0.05, 0) is 42.9 Å². The molecule has 0 bridgehead atoms. The molecule has 0 saturated carbocycles. The molecule has 6 heteroatoms. The third-order valence-corrected chi connectivity index (χ3v) is 5.73. The van der Waals surface area contributed by atoms with Gasteiger partial charge in [-0.2, -0.15) is 0 Å². The Morgan fingerprint density at radius 1 is 1.24 bits per heavy atom. The first-order valence-corrected chi connectivity index (χ1v) is 8.72. The summed E-state index contributed by atoms with van der Waals surface area (Å²) in [5.41, 5.74) is 0.934. The van der Waals surface area contributed by atoms with Crippen molar-refractivity contribution in [3.63, 3.8) is 0 Å². The first-order valence-electron chi connectivity index (χ1n) is 7.28. The first kappa shape index (κ1) is 16.4. The number of hydrogen-bond donors (Lipinski definition) is 1. The van der Waals surface area contributed by atoms with Crippen LogP contribution in [0.5, 0.6) is 0 Å². The molecule has 0 aromatic heterocycles. The van der Waals surface area contributed by atoms with E-state index in [4.69, 9.17) is 9.84 Å². The van der Waals surface area contributed by atoms with Crippen molar-refractivity contribution in [3.8, 4) is 0 Å². The summed E-state index contributed by atoms with van der Waals surface area (Å²) >= 11 is 0. The zero-order valence-electron chi connectivity index (χ0n) is 12.4. The molecule has 0 radical (unpaired) electrons. The molecule has 5 nitrogen and oxygen atoms in total. The van der Waals surface area contributed by atoms with E-state index in [2.05, 4.69) is 0 Å². The van der Waals surface area contributed by atoms with Crippen molar-refractivity contribution in [2.45, 2.75) is 24.2 Å². The Morgan fingerprint density at radius 3 is 2.43 bits per heavy atom. The van der Waals surface area contributed by atoms with Crippen LogP contribution in [-0.2, 0) is 21.2 Å². The average Bonchev–Trinajstić information content (AvgIpc) is 2.49. The summed E-state index contributed by atoms with van der Waals surface area (Å²) in [5.74, 6) is 0.368. The third-order valence-electron chi connectivity index (χ3n) is 3.89. The van der Waals surface area contributed by atoms with Crippen molar-refractivity contribution in [3.05, 3.63) is 29.8 Å². The van der Waals surface area contributed by atoms with Crippen molar-refractivity contribution >= 4 is 10.0 Å². The fourth-order valence-electron chi connectivity index (χ4n) is 2.53. The van der Waals surface area contributed by atoms with Gasteiger partial charge >= 0.3 is 0 Å². The number of nitrogens with zero attached hydrogens (tertiary/aromatic N) is 1. The zero-order chi connectivity index (χ0) is 15.3. The number of aliphatic hydroxyl groups is 1. The van der Waals surface area contributed by atoms with Crippen molar-refractivity contribution < 1.29 is 18.3 Å². The Balaban J connectivity index is 2.05. The summed E-state index contributed by atoms with van der Waals surface area (Å²) in [6.45, 7) is 2.03. The summed E-state index contributed by atoms with van der Waals surface area (Å²) in [6.07, 6.45) is 2.36. The van der Waals surface area contributed by atoms with Gasteiger partial charge in [0.1, 0.15) is 0 Å². The number of ether oxygens (including phenoxy) is 1. The van der Waals surface area contributed by atoms with E-state index in [0.29, 0.717) is 37.0 Å². The van der Waals surface area contributed by atoms with Crippen molar-refractivity contribution in [2.24, 2.45) is 5.92 Å². The van der Waals surface area contributed by atoms with Crippen LogP contribution in [0.25, 0.3) is 0 Å². The molecule has 1 saturated heterocycles. The third kappa shape index (κ3) is 4.26. The standard InChI is InChI=1S/C15H23NO4S/c1-16(12-14-7-10-20-11-8-14)21(18,19)15-4-2-13(3-5-15)6-9-17/h2-5,14,17H,6-12H2,1H3. The molecular weight excluding hydrogens is 290 g/mol. The number of sulfonamides is 1. The van der Waals surface area contributed by atoms with Crippen LogP contribution >= 0.6 is 0 Å². The molecule has 118 valence electrons. The fourth-order valence-corrected chi connectivity index (χ4v) is 3.77. The van der Waals surface area contributed by atoms with Gasteiger partial charge in [-0.25, -0.2) is 12.7 Å². The Hall–Kier alpha value is -0.950. The number of hydrogen-bond acceptors (Lipinski definition) is 4. The molecule has 0 amide bonds. The molecule has 21 heavy (non-hydrogen) atoms. The highest BCUT2D eigenvalue weighted by Crippen LogP contribution is 2.20. The van der Waals surface area contributed by atoms with Crippen molar-refractivity contribution in [1.82, 2.24) is 4.31 Å². The molecule has 1 aliphatic rings. The molecule has 2 rings (SSSR count). The second kappa shape index (κ2) is 7.35. The maximum Gasteiger partial charge on any atom is 0.242 e. The quantitative estimate of drug-likeness (QED) is 0.859. The molecule has 1 N–H and O–H groups in total. The highest BCUT2D eigenvalue weighted by molar-refractivity contribution is 7.89. The first-order chi connectivity index (χ1) is 10.0. The van der Waals surface area contributed by atoms with Gasteiger partial charge in [0.05, 0.1) is 4.90 Å². The molecule has 0 spiro atoms. The minimum absolute atomic E-state index is 0.0652. The van der Waals surface area contributed by atoms with Crippen LogP contribution in [-0.4, -0.2) is 51.2 Å². The minimum Gasteiger partial charge on any atom is -0.396 e. The van der Waals surface area contributed by atoms with Gasteiger partial charge in [0.25, 0.3) is 0 Å².